The summed E-state index contributed by atoms with van der Waals surface area (Å²) in [5.41, 5.74) is 1.05. The Morgan fingerprint density at radius 1 is 1.14 bits per heavy atom. The van der Waals surface area contributed by atoms with Crippen molar-refractivity contribution in [3.63, 3.8) is 0 Å². The van der Waals surface area contributed by atoms with Crippen molar-refractivity contribution in [2.75, 3.05) is 29.1 Å². The van der Waals surface area contributed by atoms with E-state index in [0.717, 1.165) is 31.6 Å². The van der Waals surface area contributed by atoms with Crippen LogP contribution in [0.4, 0.5) is 11.5 Å². The van der Waals surface area contributed by atoms with Crippen molar-refractivity contribution in [2.24, 2.45) is 0 Å². The van der Waals surface area contributed by atoms with Crippen LogP contribution in [0.1, 0.15) is 33.6 Å². The molecule has 0 bridgehead atoms. The second kappa shape index (κ2) is 8.77. The van der Waals surface area contributed by atoms with Gasteiger partial charge in [0.25, 0.3) is 5.88 Å². The number of aromatic nitrogens is 2. The average Bonchev–Trinajstić information content (AvgIpc) is 2.70. The molecule has 1 aliphatic rings. The van der Waals surface area contributed by atoms with Crippen molar-refractivity contribution in [2.45, 2.75) is 50.7 Å². The number of nitrogens with zero attached hydrogens (tertiary/aromatic N) is 3. The molecule has 28 heavy (non-hydrogen) atoms. The summed E-state index contributed by atoms with van der Waals surface area (Å²) in [5.74, 6) is 1.34. The highest BCUT2D eigenvalue weighted by atomic mass is 32.2. The lowest BCUT2D eigenvalue weighted by Crippen LogP contribution is -2.39. The Kier molecular flexibility index (Phi) is 6.39. The predicted octanol–water partition coefficient (Wildman–Crippen LogP) is 3.14. The first-order chi connectivity index (χ1) is 13.4. The Bertz CT molecular complexity index is 877. The van der Waals surface area contributed by atoms with E-state index in [4.69, 9.17) is 4.74 Å². The quantitative estimate of drug-likeness (QED) is 0.759. The first-order valence-electron chi connectivity index (χ1n) is 9.71. The van der Waals surface area contributed by atoms with E-state index in [-0.39, 0.29) is 11.9 Å². The molecule has 0 atom stereocenters. The standard InChI is InChI=1S/C20H28N4O3S/c1-4-28(25,26)18-7-5-17(6-8-18)24-13-9-16(10-14-24)23-19-20(27-15(2)3)22-12-11-21-19/h5-8,11-12,15-16H,4,9-10,13-14H2,1-3H3,(H,21,23). The third-order valence-electron chi connectivity index (χ3n) is 4.79. The molecule has 3 rings (SSSR count). The van der Waals surface area contributed by atoms with E-state index in [0.29, 0.717) is 22.6 Å². The molecule has 1 aromatic heterocycles. The van der Waals surface area contributed by atoms with Crippen molar-refractivity contribution < 1.29 is 13.2 Å². The van der Waals surface area contributed by atoms with Crippen molar-refractivity contribution in [3.8, 4) is 5.88 Å². The summed E-state index contributed by atoms with van der Waals surface area (Å²) in [6.45, 7) is 7.37. The third-order valence-corrected chi connectivity index (χ3v) is 6.54. The lowest BCUT2D eigenvalue weighted by Gasteiger charge is -2.34. The number of hydrogen-bond donors (Lipinski definition) is 1. The van der Waals surface area contributed by atoms with Crippen LogP contribution in [0.15, 0.2) is 41.6 Å². The van der Waals surface area contributed by atoms with E-state index in [2.05, 4.69) is 20.2 Å². The van der Waals surface area contributed by atoms with Gasteiger partial charge < -0.3 is 15.0 Å². The molecular weight excluding hydrogens is 376 g/mol. The highest BCUT2D eigenvalue weighted by molar-refractivity contribution is 7.91. The Labute approximate surface area is 167 Å². The minimum absolute atomic E-state index is 0.0404. The van der Waals surface area contributed by atoms with Crippen LogP contribution in [0, 0.1) is 0 Å². The highest BCUT2D eigenvalue weighted by Crippen LogP contribution is 2.26. The van der Waals surface area contributed by atoms with Gasteiger partial charge in [-0.15, -0.1) is 0 Å². The van der Waals surface area contributed by atoms with Gasteiger partial charge in [-0.25, -0.2) is 18.4 Å². The minimum Gasteiger partial charge on any atom is -0.472 e. The molecule has 152 valence electrons. The first-order valence-corrected chi connectivity index (χ1v) is 11.4. The van der Waals surface area contributed by atoms with E-state index in [9.17, 15) is 8.42 Å². The fourth-order valence-corrected chi connectivity index (χ4v) is 4.12. The van der Waals surface area contributed by atoms with Crippen LogP contribution in [0.5, 0.6) is 5.88 Å². The monoisotopic (exact) mass is 404 g/mol. The van der Waals surface area contributed by atoms with Crippen LogP contribution in [0.3, 0.4) is 0 Å². The molecule has 7 nitrogen and oxygen atoms in total. The van der Waals surface area contributed by atoms with Gasteiger partial charge in [0.1, 0.15) is 0 Å². The Balaban J connectivity index is 1.59. The van der Waals surface area contributed by atoms with E-state index < -0.39 is 9.84 Å². The van der Waals surface area contributed by atoms with E-state index in [1.165, 1.54) is 0 Å². The number of sulfone groups is 1. The Morgan fingerprint density at radius 2 is 1.79 bits per heavy atom. The van der Waals surface area contributed by atoms with Crippen LogP contribution < -0.4 is 15.0 Å². The number of benzene rings is 1. The predicted molar refractivity (Wildman–Crippen MR) is 111 cm³/mol. The Morgan fingerprint density at radius 3 is 2.39 bits per heavy atom. The molecule has 2 aromatic rings. The van der Waals surface area contributed by atoms with Crippen molar-refractivity contribution in [1.29, 1.82) is 0 Å². The van der Waals surface area contributed by atoms with Crippen LogP contribution in [0.2, 0.25) is 0 Å². The molecule has 1 saturated heterocycles. The fraction of sp³-hybridized carbons (Fsp3) is 0.500. The molecule has 1 N–H and O–H groups in total. The zero-order valence-electron chi connectivity index (χ0n) is 16.6. The summed E-state index contributed by atoms with van der Waals surface area (Å²) in [6, 6.07) is 7.49. The number of anilines is 2. The summed E-state index contributed by atoms with van der Waals surface area (Å²) in [6.07, 6.45) is 5.24. The maximum atomic E-state index is 12.0. The maximum absolute atomic E-state index is 12.0. The number of hydrogen-bond acceptors (Lipinski definition) is 7. The molecule has 1 aromatic carbocycles. The van der Waals surface area contributed by atoms with Gasteiger partial charge in [0, 0.05) is 37.2 Å². The third kappa shape index (κ3) is 4.92. The first kappa shape index (κ1) is 20.4. The van der Waals surface area contributed by atoms with Gasteiger partial charge in [-0.1, -0.05) is 6.92 Å². The molecule has 0 saturated carbocycles. The summed E-state index contributed by atoms with van der Waals surface area (Å²) in [5, 5.41) is 3.46. The average molecular weight is 405 g/mol. The van der Waals surface area contributed by atoms with Gasteiger partial charge in [0.05, 0.1) is 16.8 Å². The van der Waals surface area contributed by atoms with Gasteiger partial charge in [-0.2, -0.15) is 0 Å². The highest BCUT2D eigenvalue weighted by Gasteiger charge is 2.22. The molecule has 0 unspecified atom stereocenters. The second-order valence-corrected chi connectivity index (χ2v) is 9.46. The molecular formula is C20H28N4O3S. The largest absolute Gasteiger partial charge is 0.472 e. The molecule has 0 radical (unpaired) electrons. The minimum atomic E-state index is -3.16. The normalized spacial score (nSPS) is 15.6. The van der Waals surface area contributed by atoms with E-state index in [1.54, 1.807) is 31.5 Å². The van der Waals surface area contributed by atoms with Crippen LogP contribution in [-0.4, -0.2) is 49.4 Å². The fourth-order valence-electron chi connectivity index (χ4n) is 3.24. The zero-order valence-corrected chi connectivity index (χ0v) is 17.4. The number of rotatable bonds is 7. The van der Waals surface area contributed by atoms with Crippen LogP contribution >= 0.6 is 0 Å². The summed E-state index contributed by atoms with van der Waals surface area (Å²) in [4.78, 5) is 11.3. The lowest BCUT2D eigenvalue weighted by atomic mass is 10.0. The van der Waals surface area contributed by atoms with Gasteiger partial charge in [0.15, 0.2) is 15.7 Å². The van der Waals surface area contributed by atoms with Crippen molar-refractivity contribution in [3.05, 3.63) is 36.7 Å². The van der Waals surface area contributed by atoms with Gasteiger partial charge >= 0.3 is 0 Å². The number of piperidine rings is 1. The van der Waals surface area contributed by atoms with Crippen molar-refractivity contribution >= 4 is 21.3 Å². The molecule has 8 heteroatoms. The summed E-state index contributed by atoms with van der Waals surface area (Å²) >= 11 is 0. The van der Waals surface area contributed by atoms with Crippen LogP contribution in [-0.2, 0) is 9.84 Å². The topological polar surface area (TPSA) is 84.4 Å². The number of nitrogens with one attached hydrogen (secondary N) is 1. The molecule has 1 fully saturated rings. The van der Waals surface area contributed by atoms with Gasteiger partial charge in [-0.3, -0.25) is 0 Å². The Hall–Kier alpha value is -2.35. The van der Waals surface area contributed by atoms with Gasteiger partial charge in [0.2, 0.25) is 0 Å². The molecule has 2 heterocycles. The summed E-state index contributed by atoms with van der Waals surface area (Å²) in [7, 11) is -3.16. The van der Waals surface area contributed by atoms with Crippen LogP contribution in [0.25, 0.3) is 0 Å². The van der Waals surface area contributed by atoms with E-state index in [1.807, 2.05) is 26.0 Å². The second-order valence-electron chi connectivity index (χ2n) is 7.18. The molecule has 0 aliphatic carbocycles. The zero-order chi connectivity index (χ0) is 20.1. The smallest absolute Gasteiger partial charge is 0.257 e. The van der Waals surface area contributed by atoms with E-state index >= 15 is 0 Å². The maximum Gasteiger partial charge on any atom is 0.257 e. The molecule has 1 aliphatic heterocycles. The van der Waals surface area contributed by atoms with Crippen molar-refractivity contribution in [1.82, 2.24) is 9.97 Å². The number of ether oxygens (including phenoxy) is 1. The SMILES string of the molecule is CCS(=O)(=O)c1ccc(N2CCC(Nc3nccnc3OC(C)C)CC2)cc1. The van der Waals surface area contributed by atoms with Gasteiger partial charge in [-0.05, 0) is 51.0 Å². The molecule has 0 amide bonds. The summed E-state index contributed by atoms with van der Waals surface area (Å²) < 4.78 is 29.6. The molecule has 0 spiro atoms. The lowest BCUT2D eigenvalue weighted by molar-refractivity contribution is 0.233.